The average Bonchev–Trinajstić information content (AvgIpc) is 2.75. The van der Waals surface area contributed by atoms with Crippen molar-refractivity contribution in [2.45, 2.75) is 18.9 Å². The average molecular weight is 289 g/mol. The largest absolute Gasteiger partial charge is 0.471 e. The third-order valence-corrected chi connectivity index (χ3v) is 3.57. The van der Waals surface area contributed by atoms with E-state index in [4.69, 9.17) is 4.74 Å². The number of ether oxygens (including phenoxy) is 1. The number of rotatable bonds is 4. The van der Waals surface area contributed by atoms with Gasteiger partial charge in [0.25, 0.3) is 0 Å². The molecule has 3 amide bonds. The number of carbonyl (C=O) groups excluding carboxylic acids is 3. The van der Waals surface area contributed by atoms with Gasteiger partial charge >= 0.3 is 0 Å². The number of amides is 3. The van der Waals surface area contributed by atoms with E-state index in [-0.39, 0.29) is 43.2 Å². The number of imide groups is 1. The Labute approximate surface area is 121 Å². The van der Waals surface area contributed by atoms with Gasteiger partial charge in [-0.2, -0.15) is 0 Å². The van der Waals surface area contributed by atoms with Crippen LogP contribution in [-0.4, -0.2) is 58.2 Å². The number of hydrogen-bond donors (Lipinski definition) is 0. The van der Waals surface area contributed by atoms with Gasteiger partial charge in [0.05, 0.1) is 13.1 Å². The highest BCUT2D eigenvalue weighted by atomic mass is 16.5. The molecule has 0 spiro atoms. The predicted molar refractivity (Wildman–Crippen MR) is 71.2 cm³/mol. The summed E-state index contributed by atoms with van der Waals surface area (Å²) in [5.41, 5.74) is 0. The van der Waals surface area contributed by atoms with Crippen molar-refractivity contribution in [3.63, 3.8) is 0 Å². The zero-order valence-corrected chi connectivity index (χ0v) is 11.4. The van der Waals surface area contributed by atoms with Gasteiger partial charge in [-0.25, -0.2) is 4.98 Å². The van der Waals surface area contributed by atoms with Gasteiger partial charge in [-0.1, -0.05) is 6.07 Å². The molecule has 7 nitrogen and oxygen atoms in total. The van der Waals surface area contributed by atoms with Crippen molar-refractivity contribution >= 4 is 17.7 Å². The van der Waals surface area contributed by atoms with Crippen molar-refractivity contribution in [1.82, 2.24) is 14.8 Å². The van der Waals surface area contributed by atoms with E-state index in [0.717, 1.165) is 4.90 Å². The van der Waals surface area contributed by atoms with Gasteiger partial charge in [0.1, 0.15) is 12.6 Å². The lowest BCUT2D eigenvalue weighted by Gasteiger charge is -2.39. The highest BCUT2D eigenvalue weighted by molar-refractivity contribution is 6.04. The van der Waals surface area contributed by atoms with Crippen LogP contribution in [0.3, 0.4) is 0 Å². The summed E-state index contributed by atoms with van der Waals surface area (Å²) in [4.78, 5) is 41.6. The summed E-state index contributed by atoms with van der Waals surface area (Å²) in [5, 5.41) is 0. The molecule has 0 aromatic carbocycles. The first-order valence-corrected chi connectivity index (χ1v) is 6.82. The molecular weight excluding hydrogens is 274 g/mol. The standard InChI is InChI=1S/C14H15N3O4/c18-12-4-5-13(19)17(12)9-14(20)16-7-10(8-16)21-11-3-1-2-6-15-11/h1-3,6,10H,4-5,7-9H2. The van der Waals surface area contributed by atoms with Crippen LogP contribution in [0.2, 0.25) is 0 Å². The Morgan fingerprint density at radius 1 is 1.24 bits per heavy atom. The van der Waals surface area contributed by atoms with E-state index in [9.17, 15) is 14.4 Å². The number of likely N-dealkylation sites (tertiary alicyclic amines) is 2. The first-order valence-electron chi connectivity index (χ1n) is 6.82. The number of carbonyl (C=O) groups is 3. The number of pyridine rings is 1. The van der Waals surface area contributed by atoms with E-state index in [1.807, 2.05) is 6.07 Å². The summed E-state index contributed by atoms with van der Waals surface area (Å²) in [7, 11) is 0. The van der Waals surface area contributed by atoms with Crippen molar-refractivity contribution in [1.29, 1.82) is 0 Å². The van der Waals surface area contributed by atoms with Gasteiger partial charge in [0.15, 0.2) is 0 Å². The Hall–Kier alpha value is -2.44. The van der Waals surface area contributed by atoms with Crippen molar-refractivity contribution in [3.8, 4) is 5.88 Å². The van der Waals surface area contributed by atoms with Crippen LogP contribution >= 0.6 is 0 Å². The smallest absolute Gasteiger partial charge is 0.243 e. The maximum atomic E-state index is 12.0. The zero-order valence-electron chi connectivity index (χ0n) is 11.4. The lowest BCUT2D eigenvalue weighted by Crippen LogP contribution is -2.58. The van der Waals surface area contributed by atoms with Crippen LogP contribution in [0.25, 0.3) is 0 Å². The van der Waals surface area contributed by atoms with E-state index in [0.29, 0.717) is 19.0 Å². The summed E-state index contributed by atoms with van der Waals surface area (Å²) < 4.78 is 5.59. The van der Waals surface area contributed by atoms with Crippen LogP contribution in [-0.2, 0) is 14.4 Å². The quantitative estimate of drug-likeness (QED) is 0.718. The van der Waals surface area contributed by atoms with Gasteiger partial charge in [0.2, 0.25) is 23.6 Å². The molecule has 0 atom stereocenters. The lowest BCUT2D eigenvalue weighted by molar-refractivity contribution is -0.149. The zero-order chi connectivity index (χ0) is 14.8. The molecule has 110 valence electrons. The van der Waals surface area contributed by atoms with Crippen molar-refractivity contribution < 1.29 is 19.1 Å². The molecule has 0 unspecified atom stereocenters. The normalized spacial score (nSPS) is 18.9. The summed E-state index contributed by atoms with van der Waals surface area (Å²) in [6, 6.07) is 5.38. The van der Waals surface area contributed by atoms with Crippen LogP contribution in [0.15, 0.2) is 24.4 Å². The monoisotopic (exact) mass is 289 g/mol. The first-order chi connectivity index (χ1) is 10.1. The minimum absolute atomic E-state index is 0.0890. The molecule has 2 fully saturated rings. The molecule has 3 heterocycles. The van der Waals surface area contributed by atoms with Gasteiger partial charge in [0, 0.05) is 25.1 Å². The fraction of sp³-hybridized carbons (Fsp3) is 0.429. The second kappa shape index (κ2) is 5.51. The van der Waals surface area contributed by atoms with E-state index in [2.05, 4.69) is 4.98 Å². The van der Waals surface area contributed by atoms with Crippen molar-refractivity contribution in [3.05, 3.63) is 24.4 Å². The van der Waals surface area contributed by atoms with Gasteiger partial charge in [-0.3, -0.25) is 19.3 Å². The third-order valence-electron chi connectivity index (χ3n) is 3.57. The minimum atomic E-state index is -0.268. The Balaban J connectivity index is 1.46. The predicted octanol–water partition coefficient (Wildman–Crippen LogP) is -0.180. The lowest BCUT2D eigenvalue weighted by atomic mass is 10.1. The molecule has 1 aromatic rings. The fourth-order valence-corrected chi connectivity index (χ4v) is 2.34. The number of aromatic nitrogens is 1. The second-order valence-corrected chi connectivity index (χ2v) is 5.08. The van der Waals surface area contributed by atoms with Crippen LogP contribution in [0.4, 0.5) is 0 Å². The van der Waals surface area contributed by atoms with Gasteiger partial charge in [-0.05, 0) is 6.07 Å². The molecule has 1 aromatic heterocycles. The molecule has 0 N–H and O–H groups in total. The fourth-order valence-electron chi connectivity index (χ4n) is 2.34. The van der Waals surface area contributed by atoms with E-state index in [1.165, 1.54) is 0 Å². The molecule has 2 saturated heterocycles. The van der Waals surface area contributed by atoms with E-state index >= 15 is 0 Å². The Morgan fingerprint density at radius 3 is 2.57 bits per heavy atom. The molecular formula is C14H15N3O4. The highest BCUT2D eigenvalue weighted by Gasteiger charge is 2.36. The van der Waals surface area contributed by atoms with Crippen LogP contribution in [0.5, 0.6) is 5.88 Å². The Morgan fingerprint density at radius 2 is 1.95 bits per heavy atom. The topological polar surface area (TPSA) is 79.8 Å². The highest BCUT2D eigenvalue weighted by Crippen LogP contribution is 2.17. The maximum Gasteiger partial charge on any atom is 0.243 e. The molecule has 7 heteroatoms. The molecule has 3 rings (SSSR count). The van der Waals surface area contributed by atoms with E-state index in [1.54, 1.807) is 23.2 Å². The Kier molecular flexibility index (Phi) is 3.55. The van der Waals surface area contributed by atoms with E-state index < -0.39 is 0 Å². The minimum Gasteiger partial charge on any atom is -0.471 e. The third kappa shape index (κ3) is 2.86. The van der Waals surface area contributed by atoms with Gasteiger partial charge in [-0.15, -0.1) is 0 Å². The molecule has 0 aliphatic carbocycles. The maximum absolute atomic E-state index is 12.0. The number of hydrogen-bond acceptors (Lipinski definition) is 5. The SMILES string of the molecule is O=C(CN1C(=O)CCC1=O)N1CC(Oc2ccccn2)C1. The second-order valence-electron chi connectivity index (χ2n) is 5.08. The molecule has 0 bridgehead atoms. The summed E-state index contributed by atoms with van der Waals surface area (Å²) >= 11 is 0. The Bertz CT molecular complexity index is 553. The summed E-state index contributed by atoms with van der Waals surface area (Å²) in [6.07, 6.45) is 1.96. The molecule has 0 saturated carbocycles. The van der Waals surface area contributed by atoms with Gasteiger partial charge < -0.3 is 9.64 Å². The van der Waals surface area contributed by atoms with Crippen LogP contribution in [0, 0.1) is 0 Å². The van der Waals surface area contributed by atoms with Crippen molar-refractivity contribution in [2.24, 2.45) is 0 Å². The van der Waals surface area contributed by atoms with Crippen LogP contribution < -0.4 is 4.74 Å². The first kappa shape index (κ1) is 13.5. The summed E-state index contributed by atoms with van der Waals surface area (Å²) in [6.45, 7) is 0.741. The molecule has 21 heavy (non-hydrogen) atoms. The molecule has 2 aliphatic rings. The molecule has 2 aliphatic heterocycles. The van der Waals surface area contributed by atoms with Crippen molar-refractivity contribution in [2.75, 3.05) is 19.6 Å². The summed E-state index contributed by atoms with van der Waals surface area (Å²) in [5.74, 6) is -0.232. The molecule has 0 radical (unpaired) electrons. The number of nitrogens with zero attached hydrogens (tertiary/aromatic N) is 3. The van der Waals surface area contributed by atoms with Crippen LogP contribution in [0.1, 0.15) is 12.8 Å².